The fraction of sp³-hybridized carbons (Fsp3) is 0.280. The van der Waals surface area contributed by atoms with Gasteiger partial charge in [-0.3, -0.25) is 19.6 Å². The summed E-state index contributed by atoms with van der Waals surface area (Å²) in [6.45, 7) is 5.39. The number of amides is 1. The second kappa shape index (κ2) is 8.81. The number of anilines is 1. The van der Waals surface area contributed by atoms with Gasteiger partial charge in [0, 0.05) is 36.1 Å². The van der Waals surface area contributed by atoms with E-state index in [0.717, 1.165) is 22.1 Å². The third-order valence-corrected chi connectivity index (χ3v) is 6.24. The van der Waals surface area contributed by atoms with Crippen LogP contribution in [0.2, 0.25) is 0 Å². The van der Waals surface area contributed by atoms with E-state index < -0.39 is 28.6 Å². The molecule has 1 aromatic heterocycles. The highest BCUT2D eigenvalue weighted by molar-refractivity contribution is 6.04. The van der Waals surface area contributed by atoms with E-state index in [-0.39, 0.29) is 18.0 Å². The molecule has 1 aliphatic carbocycles. The average molecular weight is 467 g/mol. The number of nitrogens with zero attached hydrogens (tertiary/aromatic N) is 3. The smallest absolute Gasteiger partial charge is 0.238 e. The van der Waals surface area contributed by atoms with E-state index in [1.807, 2.05) is 0 Å². The predicted molar refractivity (Wildman–Crippen MR) is 123 cm³/mol. The lowest BCUT2D eigenvalue weighted by molar-refractivity contribution is -0.122. The average Bonchev–Trinajstić information content (AvgIpc) is 3.64. The number of aldehydes is 1. The van der Waals surface area contributed by atoms with Crippen LogP contribution in [0.25, 0.3) is 5.70 Å². The quantitative estimate of drug-likeness (QED) is 0.446. The van der Waals surface area contributed by atoms with Gasteiger partial charge < -0.3 is 14.4 Å². The minimum atomic E-state index is -0.970. The largest absolute Gasteiger partial charge is 0.493 e. The molecule has 176 valence electrons. The fourth-order valence-electron chi connectivity index (χ4n) is 4.36. The van der Waals surface area contributed by atoms with Crippen LogP contribution in [-0.4, -0.2) is 44.7 Å². The van der Waals surface area contributed by atoms with Gasteiger partial charge in [-0.25, -0.2) is 8.78 Å². The third-order valence-electron chi connectivity index (χ3n) is 6.24. The van der Waals surface area contributed by atoms with Crippen molar-refractivity contribution in [3.05, 3.63) is 64.5 Å². The van der Waals surface area contributed by atoms with Crippen molar-refractivity contribution in [2.75, 3.05) is 25.7 Å². The Morgan fingerprint density at radius 3 is 2.35 bits per heavy atom. The summed E-state index contributed by atoms with van der Waals surface area (Å²) >= 11 is 0. The van der Waals surface area contributed by atoms with E-state index in [1.54, 1.807) is 25.3 Å². The highest BCUT2D eigenvalue weighted by atomic mass is 19.1. The number of aromatic nitrogens is 1. The number of ether oxygens (including phenoxy) is 2. The molecule has 34 heavy (non-hydrogen) atoms. The van der Waals surface area contributed by atoms with E-state index >= 15 is 8.78 Å². The molecule has 0 bridgehead atoms. The van der Waals surface area contributed by atoms with Crippen molar-refractivity contribution in [2.45, 2.75) is 19.8 Å². The number of aliphatic imine (C=N–C) groups is 1. The van der Waals surface area contributed by atoms with Crippen LogP contribution in [0.15, 0.2) is 46.7 Å². The first-order chi connectivity index (χ1) is 16.3. The Morgan fingerprint density at radius 2 is 1.82 bits per heavy atom. The van der Waals surface area contributed by atoms with Gasteiger partial charge in [-0.1, -0.05) is 0 Å². The molecule has 1 aliphatic heterocycles. The first kappa shape index (κ1) is 23.3. The zero-order valence-electron chi connectivity index (χ0n) is 19.0. The highest BCUT2D eigenvalue weighted by Gasteiger charge is 2.57. The molecule has 2 aliphatic rings. The van der Waals surface area contributed by atoms with E-state index in [1.165, 1.54) is 20.4 Å². The molecule has 0 atom stereocenters. The van der Waals surface area contributed by atoms with Crippen molar-refractivity contribution in [3.63, 3.8) is 0 Å². The number of allylic oxidation sites excluding steroid dienone is 1. The molecule has 1 aromatic carbocycles. The molecule has 1 amide bonds. The summed E-state index contributed by atoms with van der Waals surface area (Å²) in [5.41, 5.74) is 1.44. The molecule has 0 saturated heterocycles. The third kappa shape index (κ3) is 3.67. The second-order valence-electron chi connectivity index (χ2n) is 8.24. The highest BCUT2D eigenvalue weighted by Crippen LogP contribution is 2.58. The molecular weight excluding hydrogens is 444 g/mol. The molecule has 1 saturated carbocycles. The number of pyridine rings is 1. The second-order valence-corrected chi connectivity index (χ2v) is 8.24. The Labute approximate surface area is 195 Å². The summed E-state index contributed by atoms with van der Waals surface area (Å²) in [4.78, 5) is 34.0. The summed E-state index contributed by atoms with van der Waals surface area (Å²) in [6.07, 6.45) is 6.44. The van der Waals surface area contributed by atoms with Crippen molar-refractivity contribution in [3.8, 4) is 11.5 Å². The Morgan fingerprint density at radius 1 is 1.18 bits per heavy atom. The van der Waals surface area contributed by atoms with Gasteiger partial charge in [-0.05, 0) is 49.8 Å². The zero-order valence-corrected chi connectivity index (χ0v) is 19.0. The first-order valence-electron chi connectivity index (χ1n) is 10.5. The summed E-state index contributed by atoms with van der Waals surface area (Å²) in [6, 6.07) is 2.73. The lowest BCUT2D eigenvalue weighted by Gasteiger charge is -2.35. The van der Waals surface area contributed by atoms with Crippen molar-refractivity contribution in [2.24, 2.45) is 10.4 Å². The summed E-state index contributed by atoms with van der Waals surface area (Å²) < 4.78 is 40.4. The van der Waals surface area contributed by atoms with Crippen LogP contribution in [0.3, 0.4) is 0 Å². The SMILES string of the molecule is C=N/C(=C\C1=C(C)CN(c2c(F)c(OC)cc(OC)c2F)C(=O)C12CC2)c1cncc(C=O)c1. The van der Waals surface area contributed by atoms with Gasteiger partial charge in [0.25, 0.3) is 0 Å². The molecule has 0 radical (unpaired) electrons. The maximum Gasteiger partial charge on any atom is 0.238 e. The summed E-state index contributed by atoms with van der Waals surface area (Å²) in [5.74, 6) is -2.80. The van der Waals surface area contributed by atoms with Crippen molar-refractivity contribution < 1.29 is 27.8 Å². The molecule has 9 heteroatoms. The van der Waals surface area contributed by atoms with Crippen molar-refractivity contribution in [1.29, 1.82) is 0 Å². The molecule has 2 aromatic rings. The Bertz CT molecular complexity index is 1240. The summed E-state index contributed by atoms with van der Waals surface area (Å²) in [5, 5.41) is 0. The lowest BCUT2D eigenvalue weighted by Crippen LogP contribution is -2.44. The molecule has 4 rings (SSSR count). The van der Waals surface area contributed by atoms with Crippen LogP contribution in [0, 0.1) is 17.0 Å². The molecular formula is C25H23F2N3O4. The topological polar surface area (TPSA) is 81.1 Å². The number of halogens is 2. The van der Waals surface area contributed by atoms with Gasteiger partial charge in [-0.15, -0.1) is 0 Å². The van der Waals surface area contributed by atoms with Crippen LogP contribution >= 0.6 is 0 Å². The Kier molecular flexibility index (Phi) is 6.03. The maximum atomic E-state index is 15.2. The van der Waals surface area contributed by atoms with E-state index in [4.69, 9.17) is 9.47 Å². The molecule has 1 spiro atoms. The molecule has 2 heterocycles. The number of hydrogen-bond acceptors (Lipinski definition) is 6. The van der Waals surface area contributed by atoms with Crippen LogP contribution in [0.5, 0.6) is 11.5 Å². The number of carbonyl (C=O) groups is 2. The van der Waals surface area contributed by atoms with Gasteiger partial charge in [0.2, 0.25) is 5.91 Å². The number of benzene rings is 1. The zero-order chi connectivity index (χ0) is 24.6. The maximum absolute atomic E-state index is 15.2. The minimum Gasteiger partial charge on any atom is -0.493 e. The van der Waals surface area contributed by atoms with Crippen LogP contribution in [-0.2, 0) is 4.79 Å². The van der Waals surface area contributed by atoms with Crippen LogP contribution in [0.4, 0.5) is 14.5 Å². The normalized spacial score (nSPS) is 17.1. The molecule has 0 N–H and O–H groups in total. The van der Waals surface area contributed by atoms with Crippen molar-refractivity contribution >= 4 is 30.3 Å². The van der Waals surface area contributed by atoms with Crippen LogP contribution < -0.4 is 14.4 Å². The van der Waals surface area contributed by atoms with E-state index in [0.29, 0.717) is 36.0 Å². The fourth-order valence-corrected chi connectivity index (χ4v) is 4.36. The van der Waals surface area contributed by atoms with Crippen molar-refractivity contribution in [1.82, 2.24) is 4.98 Å². The number of methoxy groups -OCH3 is 2. The van der Waals surface area contributed by atoms with Gasteiger partial charge >= 0.3 is 0 Å². The molecule has 1 fully saturated rings. The number of rotatable bonds is 7. The van der Waals surface area contributed by atoms with Gasteiger partial charge in [0.1, 0.15) is 5.69 Å². The van der Waals surface area contributed by atoms with Crippen LogP contribution in [0.1, 0.15) is 35.7 Å². The first-order valence-corrected chi connectivity index (χ1v) is 10.5. The Hall–Kier alpha value is -3.88. The van der Waals surface area contributed by atoms with Gasteiger partial charge in [0.15, 0.2) is 29.4 Å². The lowest BCUT2D eigenvalue weighted by atomic mass is 9.85. The van der Waals surface area contributed by atoms with Gasteiger partial charge in [0.05, 0.1) is 25.3 Å². The van der Waals surface area contributed by atoms with E-state index in [9.17, 15) is 9.59 Å². The summed E-state index contributed by atoms with van der Waals surface area (Å²) in [7, 11) is 2.51. The molecule has 0 unspecified atom stereocenters. The predicted octanol–water partition coefficient (Wildman–Crippen LogP) is 4.37. The molecule has 7 nitrogen and oxygen atoms in total. The monoisotopic (exact) mass is 467 g/mol. The van der Waals surface area contributed by atoms with Gasteiger partial charge in [-0.2, -0.15) is 0 Å². The number of hydrogen-bond donors (Lipinski definition) is 0. The Balaban J connectivity index is 1.83. The standard InChI is InChI=1S/C25H23F2N3O4/c1-14-12-30(23-21(26)19(33-3)9-20(34-4)22(23)27)24(32)25(5-6-25)17(14)8-18(28-2)16-7-15(13-31)10-29-11-16/h7-11,13H,2,5-6,12H2,1,3-4H3/b18-8-. The van der Waals surface area contributed by atoms with E-state index in [2.05, 4.69) is 16.7 Å². The minimum absolute atomic E-state index is 0.0341. The number of carbonyl (C=O) groups excluding carboxylic acids is 2.